The average Bonchev–Trinajstić information content (AvgIpc) is 2.37. The molecule has 0 aromatic carbocycles. The summed E-state index contributed by atoms with van der Waals surface area (Å²) in [4.78, 5) is 0. The molecular weight excluding hydrogens is 249 g/mol. The molecule has 0 aromatic rings. The van der Waals surface area contributed by atoms with Gasteiger partial charge in [0.1, 0.15) is 0 Å². The SMILES string of the molecule is C/C=C1/CI2CCCC1NC2. The maximum absolute atomic E-state index is 3.68. The van der Waals surface area contributed by atoms with E-state index in [4.69, 9.17) is 0 Å². The molecule has 11 heavy (non-hydrogen) atoms. The molecule has 3 saturated heterocycles. The van der Waals surface area contributed by atoms with Crippen LogP contribution < -0.4 is 5.32 Å². The molecule has 3 rings (SSSR count). The van der Waals surface area contributed by atoms with Crippen LogP contribution in [0.15, 0.2) is 11.6 Å². The number of allylic oxidation sites excluding steroid dienone is 1. The first-order valence-corrected chi connectivity index (χ1v) is 8.94. The van der Waals surface area contributed by atoms with E-state index in [0.29, 0.717) is 0 Å². The molecule has 0 radical (unpaired) electrons. The van der Waals surface area contributed by atoms with Crippen molar-refractivity contribution in [3.8, 4) is 0 Å². The van der Waals surface area contributed by atoms with E-state index in [-0.39, 0.29) is 0 Å². The van der Waals surface area contributed by atoms with Gasteiger partial charge in [-0.3, -0.25) is 0 Å². The summed E-state index contributed by atoms with van der Waals surface area (Å²) in [6.45, 7) is 2.20. The second-order valence-corrected chi connectivity index (χ2v) is 9.13. The quantitative estimate of drug-likeness (QED) is 0.306. The zero-order valence-corrected chi connectivity index (χ0v) is 9.23. The van der Waals surface area contributed by atoms with Gasteiger partial charge in [-0.25, -0.2) is 0 Å². The maximum atomic E-state index is 3.68. The first-order chi connectivity index (χ1) is 5.40. The molecule has 2 heteroatoms. The monoisotopic (exact) mass is 265 g/mol. The van der Waals surface area contributed by atoms with Gasteiger partial charge >= 0.3 is 76.0 Å². The van der Waals surface area contributed by atoms with Crippen molar-refractivity contribution in [3.05, 3.63) is 11.6 Å². The van der Waals surface area contributed by atoms with Gasteiger partial charge < -0.3 is 0 Å². The van der Waals surface area contributed by atoms with Crippen molar-refractivity contribution in [2.45, 2.75) is 25.8 Å². The summed E-state index contributed by atoms with van der Waals surface area (Å²) in [5.41, 5.74) is 1.74. The van der Waals surface area contributed by atoms with Gasteiger partial charge in [0.2, 0.25) is 0 Å². The van der Waals surface area contributed by atoms with Gasteiger partial charge in [-0.15, -0.1) is 0 Å². The van der Waals surface area contributed by atoms with Crippen LogP contribution in [0.4, 0.5) is 0 Å². The van der Waals surface area contributed by atoms with Crippen molar-refractivity contribution in [2.24, 2.45) is 0 Å². The third-order valence-electron chi connectivity index (χ3n) is 2.57. The topological polar surface area (TPSA) is 12.0 Å². The van der Waals surface area contributed by atoms with Crippen LogP contribution >= 0.6 is 19.8 Å². The van der Waals surface area contributed by atoms with Crippen LogP contribution in [0.25, 0.3) is 0 Å². The normalized spacial score (nSPS) is 37.7. The van der Waals surface area contributed by atoms with Crippen LogP contribution in [-0.2, 0) is 0 Å². The molecule has 0 amide bonds. The Morgan fingerprint density at radius 2 is 2.55 bits per heavy atom. The number of halogens is 1. The number of hydrogen-bond donors (Lipinski definition) is 1. The van der Waals surface area contributed by atoms with Crippen LogP contribution in [-0.4, -0.2) is 19.4 Å². The molecule has 3 heterocycles. The van der Waals surface area contributed by atoms with Crippen molar-refractivity contribution in [1.82, 2.24) is 5.32 Å². The summed E-state index contributed by atoms with van der Waals surface area (Å²) >= 11 is -0.504. The van der Waals surface area contributed by atoms with Crippen molar-refractivity contribution < 1.29 is 0 Å². The molecule has 2 bridgehead atoms. The summed E-state index contributed by atoms with van der Waals surface area (Å²) in [5, 5.41) is 3.68. The molecule has 64 valence electrons. The zero-order valence-electron chi connectivity index (χ0n) is 7.07. The standard InChI is InChI=1S/C9H16IN/c1-2-8-6-10-5-3-4-9(8)11-7-10/h2,9,11H,3-7H2,1H3/b8-2-. The minimum atomic E-state index is -0.504. The number of nitrogens with one attached hydrogen (secondary N) is 1. The minimum absolute atomic E-state index is 0.504. The predicted molar refractivity (Wildman–Crippen MR) is 58.5 cm³/mol. The first-order valence-electron chi connectivity index (χ1n) is 4.36. The van der Waals surface area contributed by atoms with Crippen molar-refractivity contribution >= 4 is 19.8 Å². The molecule has 0 aliphatic carbocycles. The Morgan fingerprint density at radius 3 is 3.36 bits per heavy atom. The number of hydrogen-bond acceptors (Lipinski definition) is 1. The van der Waals surface area contributed by atoms with Gasteiger partial charge in [-0.1, -0.05) is 0 Å². The van der Waals surface area contributed by atoms with Crippen LogP contribution in [0, 0.1) is 0 Å². The summed E-state index contributed by atoms with van der Waals surface area (Å²) in [5.74, 6) is 0. The fraction of sp³-hybridized carbons (Fsp3) is 0.778. The summed E-state index contributed by atoms with van der Waals surface area (Å²) in [6, 6.07) is 0.774. The van der Waals surface area contributed by atoms with Crippen LogP contribution in [0.2, 0.25) is 0 Å². The van der Waals surface area contributed by atoms with E-state index < -0.39 is 19.8 Å². The van der Waals surface area contributed by atoms with Crippen molar-refractivity contribution in [1.29, 1.82) is 0 Å². The molecule has 3 aliphatic heterocycles. The second kappa shape index (κ2) is 3.44. The molecule has 0 spiro atoms. The Balaban J connectivity index is 2.16. The number of rotatable bonds is 0. The third kappa shape index (κ3) is 1.61. The van der Waals surface area contributed by atoms with E-state index in [1.807, 2.05) is 0 Å². The first kappa shape index (κ1) is 8.05. The van der Waals surface area contributed by atoms with Crippen LogP contribution in [0.3, 0.4) is 0 Å². The van der Waals surface area contributed by atoms with E-state index >= 15 is 0 Å². The zero-order chi connectivity index (χ0) is 7.68. The number of fused-ring (bicyclic) bond motifs is 4. The van der Waals surface area contributed by atoms with Gasteiger partial charge in [0, 0.05) is 0 Å². The molecule has 0 saturated carbocycles. The molecule has 3 aliphatic rings. The summed E-state index contributed by atoms with van der Waals surface area (Å²) < 4.78 is 4.55. The third-order valence-corrected chi connectivity index (χ3v) is 8.33. The summed E-state index contributed by atoms with van der Waals surface area (Å²) in [7, 11) is 0. The van der Waals surface area contributed by atoms with E-state index in [2.05, 4.69) is 18.3 Å². The average molecular weight is 265 g/mol. The Hall–Kier alpha value is 0.430. The molecule has 1 unspecified atom stereocenters. The van der Waals surface area contributed by atoms with E-state index in [1.54, 1.807) is 10.0 Å². The molecule has 0 aromatic heterocycles. The fourth-order valence-electron chi connectivity index (χ4n) is 1.86. The Bertz CT molecular complexity index is 172. The number of alkyl halides is 3. The Kier molecular flexibility index (Phi) is 2.51. The van der Waals surface area contributed by atoms with Crippen LogP contribution in [0.1, 0.15) is 19.8 Å². The van der Waals surface area contributed by atoms with Crippen LogP contribution in [0.5, 0.6) is 0 Å². The Morgan fingerprint density at radius 1 is 1.64 bits per heavy atom. The van der Waals surface area contributed by atoms with E-state index in [1.165, 1.54) is 21.8 Å². The molecule has 3 fully saturated rings. The van der Waals surface area contributed by atoms with Crippen molar-refractivity contribution in [2.75, 3.05) is 13.4 Å². The summed E-state index contributed by atoms with van der Waals surface area (Å²) in [6.07, 6.45) is 5.26. The molecule has 1 nitrogen and oxygen atoms in total. The van der Waals surface area contributed by atoms with Gasteiger partial charge in [0.15, 0.2) is 0 Å². The van der Waals surface area contributed by atoms with Crippen molar-refractivity contribution in [3.63, 3.8) is 0 Å². The fourth-order valence-corrected chi connectivity index (χ4v) is 7.79. The van der Waals surface area contributed by atoms with Gasteiger partial charge in [-0.2, -0.15) is 0 Å². The van der Waals surface area contributed by atoms with E-state index in [0.717, 1.165) is 6.04 Å². The second-order valence-electron chi connectivity index (χ2n) is 3.29. The predicted octanol–water partition coefficient (Wildman–Crippen LogP) is 2.16. The molecule has 1 atom stereocenters. The molecule has 1 N–H and O–H groups in total. The van der Waals surface area contributed by atoms with Gasteiger partial charge in [0.25, 0.3) is 0 Å². The van der Waals surface area contributed by atoms with Gasteiger partial charge in [0.05, 0.1) is 0 Å². The molecular formula is C9H16IN. The Labute approximate surface area is 76.0 Å². The van der Waals surface area contributed by atoms with Gasteiger partial charge in [-0.05, 0) is 0 Å². The van der Waals surface area contributed by atoms with E-state index in [9.17, 15) is 0 Å².